The number of rotatable bonds is 5. The Hall–Kier alpha value is -3.30. The third kappa shape index (κ3) is 3.89. The molecule has 4 aromatic rings. The van der Waals surface area contributed by atoms with Crippen molar-refractivity contribution >= 4 is 11.6 Å². The minimum atomic E-state index is -1.07. The molecule has 4 heterocycles. The Morgan fingerprint density at radius 2 is 1.93 bits per heavy atom. The molecule has 30 heavy (non-hydrogen) atoms. The average Bonchev–Trinajstić information content (AvgIpc) is 3.32. The molecule has 0 fully saturated rings. The van der Waals surface area contributed by atoms with Crippen LogP contribution in [-0.4, -0.2) is 40.3 Å². The van der Waals surface area contributed by atoms with Crippen LogP contribution < -0.4 is 5.32 Å². The number of furan rings is 1. The molecular formula is C21H24N6O3. The highest BCUT2D eigenvalue weighted by atomic mass is 16.3. The predicted octanol–water partition coefficient (Wildman–Crippen LogP) is 2.87. The van der Waals surface area contributed by atoms with Crippen LogP contribution in [0.1, 0.15) is 49.6 Å². The Kier molecular flexibility index (Phi) is 5.00. The van der Waals surface area contributed by atoms with Crippen molar-refractivity contribution in [1.29, 1.82) is 0 Å². The molecule has 0 amide bonds. The number of aliphatic hydroxyl groups excluding tert-OH is 2. The first-order valence-electron chi connectivity index (χ1n) is 9.60. The summed E-state index contributed by atoms with van der Waals surface area (Å²) < 4.78 is 7.31. The number of nitrogens with zero attached hydrogens (tertiary/aromatic N) is 5. The van der Waals surface area contributed by atoms with Crippen LogP contribution in [0.2, 0.25) is 0 Å². The summed E-state index contributed by atoms with van der Waals surface area (Å²) in [6, 6.07) is 8.80. The average molecular weight is 408 g/mol. The number of fused-ring (bicyclic) bond motifs is 1. The summed E-state index contributed by atoms with van der Waals surface area (Å²) in [6.07, 6.45) is 0.472. The lowest BCUT2D eigenvalue weighted by Gasteiger charge is -2.21. The number of hydrogen-bond donors (Lipinski definition) is 3. The van der Waals surface area contributed by atoms with Gasteiger partial charge in [-0.25, -0.2) is 0 Å². The predicted molar refractivity (Wildman–Crippen MR) is 111 cm³/mol. The highest BCUT2D eigenvalue weighted by molar-refractivity contribution is 5.60. The maximum Gasteiger partial charge on any atom is 0.227 e. The number of nitrogens with one attached hydrogen (secondary N) is 1. The van der Waals surface area contributed by atoms with E-state index in [1.807, 2.05) is 39.8 Å². The first-order chi connectivity index (χ1) is 14.2. The van der Waals surface area contributed by atoms with E-state index < -0.39 is 6.10 Å². The molecule has 0 radical (unpaired) electrons. The molecule has 0 saturated heterocycles. The SMILES string of the molecule is Cc1ccc(-c2nc(NC(C)(C)C)nc3c(C(O)c4cccc(CO)n4)cnn23)o1. The second kappa shape index (κ2) is 7.51. The smallest absolute Gasteiger partial charge is 0.227 e. The Labute approximate surface area is 173 Å². The van der Waals surface area contributed by atoms with Gasteiger partial charge in [-0.2, -0.15) is 19.6 Å². The molecule has 1 atom stereocenters. The molecule has 0 spiro atoms. The molecular weight excluding hydrogens is 384 g/mol. The third-order valence-electron chi connectivity index (χ3n) is 4.41. The molecule has 1 unspecified atom stereocenters. The van der Waals surface area contributed by atoms with Crippen molar-refractivity contribution in [2.45, 2.75) is 45.9 Å². The van der Waals surface area contributed by atoms with Crippen LogP contribution in [0.5, 0.6) is 0 Å². The Balaban J connectivity index is 1.88. The number of hydrogen-bond acceptors (Lipinski definition) is 8. The van der Waals surface area contributed by atoms with Gasteiger partial charge >= 0.3 is 0 Å². The van der Waals surface area contributed by atoms with Crippen molar-refractivity contribution < 1.29 is 14.6 Å². The van der Waals surface area contributed by atoms with E-state index in [1.54, 1.807) is 28.9 Å². The number of aryl methyl sites for hydroxylation is 1. The van der Waals surface area contributed by atoms with Crippen LogP contribution in [0.4, 0.5) is 5.95 Å². The van der Waals surface area contributed by atoms with Gasteiger partial charge in [0.25, 0.3) is 0 Å². The van der Waals surface area contributed by atoms with Gasteiger partial charge in [0.2, 0.25) is 11.8 Å². The summed E-state index contributed by atoms with van der Waals surface area (Å²) in [5.74, 6) is 2.15. The van der Waals surface area contributed by atoms with Gasteiger partial charge in [-0.1, -0.05) is 6.07 Å². The van der Waals surface area contributed by atoms with E-state index in [0.29, 0.717) is 40.1 Å². The zero-order chi connectivity index (χ0) is 21.5. The third-order valence-corrected chi connectivity index (χ3v) is 4.41. The fraction of sp³-hybridized carbons (Fsp3) is 0.333. The van der Waals surface area contributed by atoms with Gasteiger partial charge in [0.1, 0.15) is 11.9 Å². The summed E-state index contributed by atoms with van der Waals surface area (Å²) in [4.78, 5) is 13.5. The largest absolute Gasteiger partial charge is 0.458 e. The lowest BCUT2D eigenvalue weighted by molar-refractivity contribution is 0.214. The number of anilines is 1. The van der Waals surface area contributed by atoms with E-state index in [2.05, 4.69) is 25.4 Å². The second-order valence-corrected chi connectivity index (χ2v) is 8.11. The van der Waals surface area contributed by atoms with E-state index in [0.717, 1.165) is 5.76 Å². The fourth-order valence-electron chi connectivity index (χ4n) is 3.09. The second-order valence-electron chi connectivity index (χ2n) is 8.11. The van der Waals surface area contributed by atoms with Crippen LogP contribution >= 0.6 is 0 Å². The molecule has 9 nitrogen and oxygen atoms in total. The quantitative estimate of drug-likeness (QED) is 0.461. The zero-order valence-corrected chi connectivity index (χ0v) is 17.3. The molecule has 0 bridgehead atoms. The molecule has 0 saturated carbocycles. The monoisotopic (exact) mass is 408 g/mol. The maximum absolute atomic E-state index is 11.0. The summed E-state index contributed by atoms with van der Waals surface area (Å²) in [5.41, 5.74) is 1.51. The van der Waals surface area contributed by atoms with E-state index in [4.69, 9.17) is 4.42 Å². The highest BCUT2D eigenvalue weighted by Gasteiger charge is 2.23. The molecule has 4 aromatic heterocycles. The first-order valence-corrected chi connectivity index (χ1v) is 9.60. The standard InChI is InChI=1S/C21H24N6O3/c1-12-8-9-16(30-12)19-25-20(26-21(2,3)4)24-18-14(10-22-27(18)19)17(29)15-7-5-6-13(11-28)23-15/h5-10,17,28-29H,11H2,1-4H3,(H,24,26). The van der Waals surface area contributed by atoms with E-state index in [9.17, 15) is 10.2 Å². The van der Waals surface area contributed by atoms with E-state index >= 15 is 0 Å². The molecule has 0 aliphatic rings. The van der Waals surface area contributed by atoms with Gasteiger partial charge in [0.15, 0.2) is 11.4 Å². The summed E-state index contributed by atoms with van der Waals surface area (Å²) >= 11 is 0. The summed E-state index contributed by atoms with van der Waals surface area (Å²) in [5, 5.41) is 28.0. The zero-order valence-electron chi connectivity index (χ0n) is 17.3. The fourth-order valence-corrected chi connectivity index (χ4v) is 3.09. The van der Waals surface area contributed by atoms with Crippen LogP contribution in [0, 0.1) is 6.92 Å². The Morgan fingerprint density at radius 1 is 1.13 bits per heavy atom. The van der Waals surface area contributed by atoms with Gasteiger partial charge in [-0.15, -0.1) is 0 Å². The molecule has 4 rings (SSSR count). The number of aromatic nitrogens is 5. The Bertz CT molecular complexity index is 1190. The van der Waals surface area contributed by atoms with Crippen molar-refractivity contribution in [1.82, 2.24) is 24.6 Å². The van der Waals surface area contributed by atoms with Crippen molar-refractivity contribution in [3.63, 3.8) is 0 Å². The van der Waals surface area contributed by atoms with E-state index in [1.165, 1.54) is 0 Å². The Morgan fingerprint density at radius 3 is 2.60 bits per heavy atom. The maximum atomic E-state index is 11.0. The van der Waals surface area contributed by atoms with Crippen molar-refractivity contribution in [3.05, 3.63) is 59.2 Å². The topological polar surface area (TPSA) is 122 Å². The molecule has 9 heteroatoms. The van der Waals surface area contributed by atoms with Gasteiger partial charge in [0.05, 0.1) is 29.8 Å². The van der Waals surface area contributed by atoms with Gasteiger partial charge in [-0.3, -0.25) is 4.98 Å². The minimum Gasteiger partial charge on any atom is -0.458 e. The van der Waals surface area contributed by atoms with E-state index in [-0.39, 0.29) is 12.1 Å². The highest BCUT2D eigenvalue weighted by Crippen LogP contribution is 2.28. The summed E-state index contributed by atoms with van der Waals surface area (Å²) in [6.45, 7) is 7.67. The van der Waals surface area contributed by atoms with Crippen LogP contribution in [0.3, 0.4) is 0 Å². The van der Waals surface area contributed by atoms with Crippen LogP contribution in [-0.2, 0) is 6.61 Å². The molecule has 3 N–H and O–H groups in total. The van der Waals surface area contributed by atoms with Crippen molar-refractivity contribution in [2.24, 2.45) is 0 Å². The van der Waals surface area contributed by atoms with Gasteiger partial charge < -0.3 is 19.9 Å². The summed E-state index contributed by atoms with van der Waals surface area (Å²) in [7, 11) is 0. The van der Waals surface area contributed by atoms with Gasteiger partial charge in [-0.05, 0) is 52.0 Å². The first kappa shape index (κ1) is 20.0. The minimum absolute atomic E-state index is 0.209. The van der Waals surface area contributed by atoms with Crippen LogP contribution in [0.15, 0.2) is 40.9 Å². The molecule has 0 aliphatic carbocycles. The number of aliphatic hydroxyl groups is 2. The van der Waals surface area contributed by atoms with Crippen molar-refractivity contribution in [2.75, 3.05) is 5.32 Å². The van der Waals surface area contributed by atoms with Gasteiger partial charge in [0, 0.05) is 5.54 Å². The molecule has 156 valence electrons. The van der Waals surface area contributed by atoms with Crippen molar-refractivity contribution in [3.8, 4) is 11.6 Å². The molecule has 0 aliphatic heterocycles. The lowest BCUT2D eigenvalue weighted by Crippen LogP contribution is -2.27. The number of pyridine rings is 1. The normalized spacial score (nSPS) is 13.0. The lowest BCUT2D eigenvalue weighted by atomic mass is 10.1. The molecule has 0 aromatic carbocycles. The van der Waals surface area contributed by atoms with Crippen LogP contribution in [0.25, 0.3) is 17.2 Å².